The standard InChI is InChI=1S/C15H27N3O2.ClH/c1-16-9-11-17(2)15(20)13-8-5-10-18(13)14(19)12-6-3-4-7-12;/h12-13,16H,3-11H2,1-2H3;1H. The van der Waals surface area contributed by atoms with E-state index in [1.165, 1.54) is 0 Å². The zero-order valence-corrected chi connectivity index (χ0v) is 14.0. The zero-order chi connectivity index (χ0) is 14.5. The molecule has 6 heteroatoms. The number of hydrogen-bond donors (Lipinski definition) is 1. The molecule has 0 aromatic carbocycles. The lowest BCUT2D eigenvalue weighted by Gasteiger charge is -2.29. The van der Waals surface area contributed by atoms with Crippen LogP contribution in [0.3, 0.4) is 0 Å². The van der Waals surface area contributed by atoms with E-state index in [0.717, 1.165) is 51.6 Å². The first-order chi connectivity index (χ1) is 9.65. The van der Waals surface area contributed by atoms with Crippen LogP contribution in [0.2, 0.25) is 0 Å². The number of rotatable bonds is 5. The number of halogens is 1. The van der Waals surface area contributed by atoms with Gasteiger partial charge in [-0.3, -0.25) is 9.59 Å². The van der Waals surface area contributed by atoms with E-state index in [0.29, 0.717) is 6.54 Å². The van der Waals surface area contributed by atoms with E-state index in [9.17, 15) is 9.59 Å². The summed E-state index contributed by atoms with van der Waals surface area (Å²) in [5, 5.41) is 3.05. The van der Waals surface area contributed by atoms with Crippen molar-refractivity contribution in [1.82, 2.24) is 15.1 Å². The van der Waals surface area contributed by atoms with E-state index in [2.05, 4.69) is 5.32 Å². The van der Waals surface area contributed by atoms with Crippen molar-refractivity contribution in [3.63, 3.8) is 0 Å². The Morgan fingerprint density at radius 2 is 1.86 bits per heavy atom. The topological polar surface area (TPSA) is 52.7 Å². The maximum Gasteiger partial charge on any atom is 0.245 e. The minimum atomic E-state index is -0.218. The molecule has 122 valence electrons. The lowest BCUT2D eigenvalue weighted by Crippen LogP contribution is -2.49. The first-order valence-electron chi connectivity index (χ1n) is 7.85. The van der Waals surface area contributed by atoms with Crippen molar-refractivity contribution in [3.05, 3.63) is 0 Å². The number of nitrogens with zero attached hydrogens (tertiary/aromatic N) is 2. The highest BCUT2D eigenvalue weighted by Crippen LogP contribution is 2.30. The largest absolute Gasteiger partial charge is 0.343 e. The highest BCUT2D eigenvalue weighted by Gasteiger charge is 2.38. The molecule has 2 amide bonds. The van der Waals surface area contributed by atoms with Gasteiger partial charge in [0.2, 0.25) is 11.8 Å². The summed E-state index contributed by atoms with van der Waals surface area (Å²) in [6, 6.07) is -0.218. The smallest absolute Gasteiger partial charge is 0.245 e. The van der Waals surface area contributed by atoms with Gasteiger partial charge < -0.3 is 15.1 Å². The van der Waals surface area contributed by atoms with E-state index in [4.69, 9.17) is 0 Å². The summed E-state index contributed by atoms with van der Waals surface area (Å²) in [6.45, 7) is 2.23. The van der Waals surface area contributed by atoms with Crippen LogP contribution in [0.15, 0.2) is 0 Å². The summed E-state index contributed by atoms with van der Waals surface area (Å²) in [4.78, 5) is 28.6. The van der Waals surface area contributed by atoms with E-state index in [-0.39, 0.29) is 36.2 Å². The van der Waals surface area contributed by atoms with Gasteiger partial charge in [0, 0.05) is 32.6 Å². The van der Waals surface area contributed by atoms with Crippen LogP contribution >= 0.6 is 12.4 Å². The number of hydrogen-bond acceptors (Lipinski definition) is 3. The Bertz CT molecular complexity index is 359. The van der Waals surface area contributed by atoms with Gasteiger partial charge in [0.1, 0.15) is 6.04 Å². The Balaban J connectivity index is 0.00000220. The summed E-state index contributed by atoms with van der Waals surface area (Å²) >= 11 is 0. The van der Waals surface area contributed by atoms with Gasteiger partial charge in [-0.1, -0.05) is 12.8 Å². The number of carbonyl (C=O) groups excluding carboxylic acids is 2. The number of likely N-dealkylation sites (N-methyl/N-ethyl adjacent to an activating group) is 2. The molecule has 2 rings (SSSR count). The van der Waals surface area contributed by atoms with Crippen LogP contribution in [0.4, 0.5) is 0 Å². The molecule has 1 heterocycles. The Hall–Kier alpha value is -0.810. The Labute approximate surface area is 133 Å². The van der Waals surface area contributed by atoms with E-state index < -0.39 is 0 Å². The summed E-state index contributed by atoms with van der Waals surface area (Å²) in [5.41, 5.74) is 0. The highest BCUT2D eigenvalue weighted by molar-refractivity contribution is 5.89. The van der Waals surface area contributed by atoms with E-state index in [1.54, 1.807) is 4.90 Å². The first kappa shape index (κ1) is 18.2. The molecule has 1 aliphatic heterocycles. The van der Waals surface area contributed by atoms with E-state index >= 15 is 0 Å². The number of nitrogens with one attached hydrogen (secondary N) is 1. The van der Waals surface area contributed by atoms with Crippen molar-refractivity contribution in [1.29, 1.82) is 0 Å². The van der Waals surface area contributed by atoms with Gasteiger partial charge in [-0.2, -0.15) is 0 Å². The monoisotopic (exact) mass is 317 g/mol. The lowest BCUT2D eigenvalue weighted by molar-refractivity contribution is -0.145. The fraction of sp³-hybridized carbons (Fsp3) is 0.867. The second-order valence-corrected chi connectivity index (χ2v) is 6.03. The molecule has 2 aliphatic rings. The third kappa shape index (κ3) is 4.33. The molecule has 5 nitrogen and oxygen atoms in total. The molecule has 1 unspecified atom stereocenters. The molecule has 1 atom stereocenters. The van der Waals surface area contributed by atoms with Gasteiger partial charge in [-0.15, -0.1) is 12.4 Å². The fourth-order valence-corrected chi connectivity index (χ4v) is 3.34. The maximum atomic E-state index is 12.5. The average Bonchev–Trinajstić information content (AvgIpc) is 3.13. The minimum Gasteiger partial charge on any atom is -0.343 e. The van der Waals surface area contributed by atoms with Crippen LogP contribution < -0.4 is 5.32 Å². The predicted octanol–water partition coefficient (Wildman–Crippen LogP) is 1.27. The molecule has 0 spiro atoms. The van der Waals surface area contributed by atoms with Crippen molar-refractivity contribution in [2.75, 3.05) is 33.7 Å². The predicted molar refractivity (Wildman–Crippen MR) is 85.5 cm³/mol. The molecular formula is C15H28ClN3O2. The average molecular weight is 318 g/mol. The van der Waals surface area contributed by atoms with Crippen molar-refractivity contribution in [2.45, 2.75) is 44.6 Å². The zero-order valence-electron chi connectivity index (χ0n) is 13.1. The van der Waals surface area contributed by atoms with Crippen molar-refractivity contribution >= 4 is 24.2 Å². The molecule has 1 aliphatic carbocycles. The van der Waals surface area contributed by atoms with Gasteiger partial charge in [-0.05, 0) is 32.7 Å². The third-order valence-electron chi connectivity index (χ3n) is 4.60. The maximum absolute atomic E-state index is 12.5. The molecule has 21 heavy (non-hydrogen) atoms. The minimum absolute atomic E-state index is 0. The Morgan fingerprint density at radius 1 is 1.19 bits per heavy atom. The molecule has 2 fully saturated rings. The summed E-state index contributed by atoms with van der Waals surface area (Å²) in [6.07, 6.45) is 6.10. The van der Waals surface area contributed by atoms with Crippen LogP contribution in [0.5, 0.6) is 0 Å². The molecular weight excluding hydrogens is 290 g/mol. The third-order valence-corrected chi connectivity index (χ3v) is 4.60. The molecule has 0 aromatic rings. The number of likely N-dealkylation sites (tertiary alicyclic amines) is 1. The second kappa shape index (κ2) is 8.59. The molecule has 0 bridgehead atoms. The van der Waals surface area contributed by atoms with Crippen LogP contribution in [-0.4, -0.2) is 61.4 Å². The Kier molecular flexibility index (Phi) is 7.46. The van der Waals surface area contributed by atoms with Crippen LogP contribution in [0, 0.1) is 5.92 Å². The molecule has 1 saturated heterocycles. The summed E-state index contributed by atoms with van der Waals surface area (Å²) in [5.74, 6) is 0.496. The second-order valence-electron chi connectivity index (χ2n) is 6.03. The summed E-state index contributed by atoms with van der Waals surface area (Å²) < 4.78 is 0. The highest BCUT2D eigenvalue weighted by atomic mass is 35.5. The van der Waals surface area contributed by atoms with Crippen molar-refractivity contribution < 1.29 is 9.59 Å². The molecule has 1 saturated carbocycles. The van der Waals surface area contributed by atoms with Gasteiger partial charge in [0.05, 0.1) is 0 Å². The van der Waals surface area contributed by atoms with Crippen LogP contribution in [0.25, 0.3) is 0 Å². The van der Waals surface area contributed by atoms with Crippen molar-refractivity contribution in [3.8, 4) is 0 Å². The quantitative estimate of drug-likeness (QED) is 0.831. The van der Waals surface area contributed by atoms with E-state index in [1.807, 2.05) is 19.0 Å². The van der Waals surface area contributed by atoms with Crippen LogP contribution in [0.1, 0.15) is 38.5 Å². The van der Waals surface area contributed by atoms with Gasteiger partial charge in [0.25, 0.3) is 0 Å². The van der Waals surface area contributed by atoms with Crippen LogP contribution in [-0.2, 0) is 9.59 Å². The number of carbonyl (C=O) groups is 2. The van der Waals surface area contributed by atoms with Gasteiger partial charge >= 0.3 is 0 Å². The Morgan fingerprint density at radius 3 is 2.48 bits per heavy atom. The van der Waals surface area contributed by atoms with Gasteiger partial charge in [-0.25, -0.2) is 0 Å². The number of amides is 2. The SMILES string of the molecule is CNCCN(C)C(=O)C1CCCN1C(=O)C1CCCC1.Cl. The van der Waals surface area contributed by atoms with Gasteiger partial charge in [0.15, 0.2) is 0 Å². The first-order valence-corrected chi connectivity index (χ1v) is 7.85. The molecule has 0 aromatic heterocycles. The summed E-state index contributed by atoms with van der Waals surface area (Å²) in [7, 11) is 3.71. The molecule has 0 radical (unpaired) electrons. The van der Waals surface area contributed by atoms with Crippen molar-refractivity contribution in [2.24, 2.45) is 5.92 Å². The fourth-order valence-electron chi connectivity index (χ4n) is 3.34. The lowest BCUT2D eigenvalue weighted by atomic mass is 10.1. The molecule has 1 N–H and O–H groups in total. The normalized spacial score (nSPS) is 22.2.